The molecule has 1 aromatic rings. The second-order valence-corrected chi connectivity index (χ2v) is 4.20. The number of hydrogen-bond donors (Lipinski definition) is 0. The van der Waals surface area contributed by atoms with Crippen LogP contribution in [0.25, 0.3) is 0 Å². The zero-order valence-corrected chi connectivity index (χ0v) is 11.7. The Morgan fingerprint density at radius 1 is 1.28 bits per heavy atom. The van der Waals surface area contributed by atoms with Gasteiger partial charge in [-0.15, -0.1) is 0 Å². The molecule has 18 heavy (non-hydrogen) atoms. The third kappa shape index (κ3) is 3.15. The van der Waals surface area contributed by atoms with E-state index in [0.717, 1.165) is 22.6 Å². The number of esters is 1. The van der Waals surface area contributed by atoms with Gasteiger partial charge in [0.1, 0.15) is 12.3 Å². The maximum Gasteiger partial charge on any atom is 0.325 e. The van der Waals surface area contributed by atoms with Gasteiger partial charge in [0.15, 0.2) is 0 Å². The molecule has 0 amide bonds. The minimum absolute atomic E-state index is 0.215. The van der Waals surface area contributed by atoms with Gasteiger partial charge in [0.25, 0.3) is 0 Å². The molecule has 0 aliphatic carbocycles. The average molecular weight is 251 g/mol. The molecule has 0 heterocycles. The number of carbonyl (C=O) groups excluding carboxylic acids is 1. The van der Waals surface area contributed by atoms with Crippen LogP contribution in [0.4, 0.5) is 5.69 Å². The standard InChI is InChI=1S/C14H21NO3/c1-6-18-14(16)9-15(4)12-7-8-13(17-5)11(3)10(12)2/h7-8H,6,9H2,1-5H3. The van der Waals surface area contributed by atoms with Crippen molar-refractivity contribution < 1.29 is 14.3 Å². The Balaban J connectivity index is 2.90. The first-order valence-corrected chi connectivity index (χ1v) is 6.02. The molecule has 0 saturated heterocycles. The maximum atomic E-state index is 11.5. The van der Waals surface area contributed by atoms with Crippen molar-refractivity contribution in [2.24, 2.45) is 0 Å². The van der Waals surface area contributed by atoms with E-state index in [1.807, 2.05) is 37.9 Å². The van der Waals surface area contributed by atoms with Crippen LogP contribution in [0, 0.1) is 13.8 Å². The highest BCUT2D eigenvalue weighted by Crippen LogP contribution is 2.29. The fourth-order valence-electron chi connectivity index (χ4n) is 1.90. The third-order valence-electron chi connectivity index (χ3n) is 3.01. The van der Waals surface area contributed by atoms with Crippen LogP contribution in [0.2, 0.25) is 0 Å². The maximum absolute atomic E-state index is 11.5. The summed E-state index contributed by atoms with van der Waals surface area (Å²) in [6.07, 6.45) is 0. The van der Waals surface area contributed by atoms with Gasteiger partial charge in [-0.3, -0.25) is 4.79 Å². The second kappa shape index (κ2) is 6.28. The lowest BCUT2D eigenvalue weighted by Crippen LogP contribution is -2.27. The summed E-state index contributed by atoms with van der Waals surface area (Å²) < 4.78 is 10.2. The molecular formula is C14H21NO3. The van der Waals surface area contributed by atoms with Gasteiger partial charge in [-0.25, -0.2) is 0 Å². The largest absolute Gasteiger partial charge is 0.496 e. The van der Waals surface area contributed by atoms with E-state index in [9.17, 15) is 4.79 Å². The summed E-state index contributed by atoms with van der Waals surface area (Å²) in [5.41, 5.74) is 3.22. The number of rotatable bonds is 5. The van der Waals surface area contributed by atoms with Crippen LogP contribution in [-0.2, 0) is 9.53 Å². The molecule has 0 atom stereocenters. The molecule has 0 aliphatic rings. The Labute approximate surface area is 108 Å². The summed E-state index contributed by atoms with van der Waals surface area (Å²) >= 11 is 0. The highest BCUT2D eigenvalue weighted by molar-refractivity contribution is 5.76. The molecule has 4 heteroatoms. The van der Waals surface area contributed by atoms with Gasteiger partial charge in [-0.2, -0.15) is 0 Å². The minimum atomic E-state index is -0.215. The molecule has 1 rings (SSSR count). The Kier molecular flexibility index (Phi) is 5.01. The van der Waals surface area contributed by atoms with Crippen molar-refractivity contribution in [1.82, 2.24) is 0 Å². The van der Waals surface area contributed by atoms with Crippen molar-refractivity contribution in [3.05, 3.63) is 23.3 Å². The normalized spacial score (nSPS) is 10.1. The summed E-state index contributed by atoms with van der Waals surface area (Å²) in [6, 6.07) is 3.87. The molecule has 0 aromatic heterocycles. The highest BCUT2D eigenvalue weighted by atomic mass is 16.5. The van der Waals surface area contributed by atoms with Crippen molar-refractivity contribution in [3.8, 4) is 5.75 Å². The molecule has 0 spiro atoms. The Morgan fingerprint density at radius 3 is 2.50 bits per heavy atom. The van der Waals surface area contributed by atoms with Gasteiger partial charge in [0.05, 0.1) is 13.7 Å². The molecule has 0 radical (unpaired) electrons. The van der Waals surface area contributed by atoms with E-state index in [0.29, 0.717) is 6.61 Å². The lowest BCUT2D eigenvalue weighted by Gasteiger charge is -2.22. The van der Waals surface area contributed by atoms with Crippen LogP contribution >= 0.6 is 0 Å². The highest BCUT2D eigenvalue weighted by Gasteiger charge is 2.13. The number of hydrogen-bond acceptors (Lipinski definition) is 4. The first kappa shape index (κ1) is 14.4. The fraction of sp³-hybridized carbons (Fsp3) is 0.500. The summed E-state index contributed by atoms with van der Waals surface area (Å²) in [7, 11) is 3.54. The van der Waals surface area contributed by atoms with E-state index in [2.05, 4.69) is 0 Å². The monoisotopic (exact) mass is 251 g/mol. The summed E-state index contributed by atoms with van der Waals surface area (Å²) in [5, 5.41) is 0. The number of anilines is 1. The number of nitrogens with zero attached hydrogens (tertiary/aromatic N) is 1. The molecular weight excluding hydrogens is 230 g/mol. The zero-order valence-electron chi connectivity index (χ0n) is 11.7. The SMILES string of the molecule is CCOC(=O)CN(C)c1ccc(OC)c(C)c1C. The number of likely N-dealkylation sites (N-methyl/N-ethyl adjacent to an activating group) is 1. The van der Waals surface area contributed by atoms with Crippen molar-refractivity contribution in [3.63, 3.8) is 0 Å². The molecule has 100 valence electrons. The van der Waals surface area contributed by atoms with Crippen LogP contribution < -0.4 is 9.64 Å². The van der Waals surface area contributed by atoms with Crippen LogP contribution in [0.15, 0.2) is 12.1 Å². The van der Waals surface area contributed by atoms with E-state index in [1.54, 1.807) is 14.0 Å². The molecule has 1 aromatic carbocycles. The van der Waals surface area contributed by atoms with Crippen molar-refractivity contribution in [2.75, 3.05) is 32.2 Å². The number of benzene rings is 1. The summed E-state index contributed by atoms with van der Waals surface area (Å²) in [5.74, 6) is 0.647. The van der Waals surface area contributed by atoms with Gasteiger partial charge in [-0.05, 0) is 44.0 Å². The number of carbonyl (C=O) groups is 1. The van der Waals surface area contributed by atoms with Crippen molar-refractivity contribution in [1.29, 1.82) is 0 Å². The van der Waals surface area contributed by atoms with Gasteiger partial charge in [-0.1, -0.05) is 0 Å². The van der Waals surface area contributed by atoms with Crippen LogP contribution in [0.3, 0.4) is 0 Å². The molecule has 0 fully saturated rings. The Hall–Kier alpha value is -1.71. The average Bonchev–Trinajstić information content (AvgIpc) is 2.32. The number of ether oxygens (including phenoxy) is 2. The summed E-state index contributed by atoms with van der Waals surface area (Å²) in [4.78, 5) is 13.3. The molecule has 0 aliphatic heterocycles. The summed E-state index contributed by atoms with van der Waals surface area (Å²) in [6.45, 7) is 6.50. The molecule has 0 N–H and O–H groups in total. The van der Waals surface area contributed by atoms with Crippen molar-refractivity contribution >= 4 is 11.7 Å². The lowest BCUT2D eigenvalue weighted by molar-refractivity contribution is -0.141. The van der Waals surface area contributed by atoms with E-state index < -0.39 is 0 Å². The molecule has 0 saturated carbocycles. The van der Waals surface area contributed by atoms with Gasteiger partial charge in [0, 0.05) is 12.7 Å². The zero-order chi connectivity index (χ0) is 13.7. The molecule has 0 bridgehead atoms. The molecule has 4 nitrogen and oxygen atoms in total. The van der Waals surface area contributed by atoms with Crippen molar-refractivity contribution in [2.45, 2.75) is 20.8 Å². The van der Waals surface area contributed by atoms with Gasteiger partial charge in [0.2, 0.25) is 0 Å². The Morgan fingerprint density at radius 2 is 1.94 bits per heavy atom. The second-order valence-electron chi connectivity index (χ2n) is 4.20. The Bertz CT molecular complexity index is 429. The van der Waals surface area contributed by atoms with Crippen LogP contribution in [0.5, 0.6) is 5.75 Å². The fourth-order valence-corrected chi connectivity index (χ4v) is 1.90. The lowest BCUT2D eigenvalue weighted by atomic mass is 10.1. The van der Waals surface area contributed by atoms with E-state index in [1.165, 1.54) is 0 Å². The third-order valence-corrected chi connectivity index (χ3v) is 3.01. The first-order valence-electron chi connectivity index (χ1n) is 6.02. The number of methoxy groups -OCH3 is 1. The minimum Gasteiger partial charge on any atom is -0.496 e. The van der Waals surface area contributed by atoms with E-state index >= 15 is 0 Å². The predicted molar refractivity (Wildman–Crippen MR) is 72.4 cm³/mol. The van der Waals surface area contributed by atoms with Gasteiger partial charge >= 0.3 is 5.97 Å². The van der Waals surface area contributed by atoms with E-state index in [4.69, 9.17) is 9.47 Å². The first-order chi connectivity index (χ1) is 8.51. The smallest absolute Gasteiger partial charge is 0.325 e. The van der Waals surface area contributed by atoms with E-state index in [-0.39, 0.29) is 12.5 Å². The van der Waals surface area contributed by atoms with Crippen LogP contribution in [-0.4, -0.2) is 33.3 Å². The predicted octanol–water partition coefficient (Wildman–Crippen LogP) is 2.31. The van der Waals surface area contributed by atoms with Gasteiger partial charge < -0.3 is 14.4 Å². The molecule has 0 unspecified atom stereocenters. The topological polar surface area (TPSA) is 38.8 Å². The quantitative estimate of drug-likeness (QED) is 0.753. The van der Waals surface area contributed by atoms with Crippen LogP contribution in [0.1, 0.15) is 18.1 Å².